The van der Waals surface area contributed by atoms with Crippen LogP contribution in [0.25, 0.3) is 0 Å². The van der Waals surface area contributed by atoms with E-state index in [-0.39, 0.29) is 12.2 Å². The lowest BCUT2D eigenvalue weighted by atomic mass is 10.0. The molecule has 0 aromatic heterocycles. The zero-order chi connectivity index (χ0) is 19.6. The largest absolute Gasteiger partial charge is 0.508 e. The number of hydrogen-bond acceptors (Lipinski definition) is 4. The van der Waals surface area contributed by atoms with Crippen molar-refractivity contribution >= 4 is 17.8 Å². The van der Waals surface area contributed by atoms with Gasteiger partial charge in [-0.2, -0.15) is 0 Å². The lowest BCUT2D eigenvalue weighted by Gasteiger charge is -2.26. The Balaban J connectivity index is 0.00000277. The topological polar surface area (TPSA) is 116 Å². The van der Waals surface area contributed by atoms with Gasteiger partial charge in [-0.05, 0) is 37.6 Å². The predicted molar refractivity (Wildman–Crippen MR) is 95.1 cm³/mol. The summed E-state index contributed by atoms with van der Waals surface area (Å²) in [7, 11) is 0. The number of carbonyl (C=O) groups excluding carboxylic acids is 2. The van der Waals surface area contributed by atoms with Crippen LogP contribution in [0.4, 0.5) is 0 Å². The third kappa shape index (κ3) is 7.52. The Morgan fingerprint density at radius 2 is 1.72 bits per heavy atom. The first kappa shape index (κ1) is 22.2. The van der Waals surface area contributed by atoms with Gasteiger partial charge >= 0.3 is 5.97 Å². The molecule has 0 aliphatic carbocycles. The molecule has 0 bridgehead atoms. The van der Waals surface area contributed by atoms with E-state index in [0.29, 0.717) is 5.56 Å². The summed E-state index contributed by atoms with van der Waals surface area (Å²) < 4.78 is 0. The molecule has 7 heteroatoms. The molecule has 1 aromatic carbocycles. The maximum absolute atomic E-state index is 12.2. The lowest BCUT2D eigenvalue weighted by molar-refractivity contribution is -0.142. The van der Waals surface area contributed by atoms with E-state index < -0.39 is 29.4 Å². The number of carboxylic acids is 1. The van der Waals surface area contributed by atoms with Crippen LogP contribution < -0.4 is 10.6 Å². The Kier molecular flexibility index (Phi) is 8.98. The highest BCUT2D eigenvalue weighted by Crippen LogP contribution is 2.12. The first-order chi connectivity index (χ1) is 11.7. The van der Waals surface area contributed by atoms with Crippen molar-refractivity contribution in [3.63, 3.8) is 0 Å². The minimum atomic E-state index is -1.28. The molecule has 1 rings (SSSR count). The molecule has 138 valence electrons. The van der Waals surface area contributed by atoms with Crippen molar-refractivity contribution < 1.29 is 24.6 Å². The summed E-state index contributed by atoms with van der Waals surface area (Å²) in [5.41, 5.74) is -0.642. The van der Waals surface area contributed by atoms with E-state index in [1.54, 1.807) is 12.1 Å². The van der Waals surface area contributed by atoms with Crippen molar-refractivity contribution in [1.82, 2.24) is 10.6 Å². The van der Waals surface area contributed by atoms with Gasteiger partial charge in [0.15, 0.2) is 0 Å². The van der Waals surface area contributed by atoms with Gasteiger partial charge in [-0.3, -0.25) is 9.59 Å². The minimum absolute atomic E-state index is 0.0485. The van der Waals surface area contributed by atoms with Gasteiger partial charge in [0, 0.05) is 6.42 Å². The second-order valence-corrected chi connectivity index (χ2v) is 5.55. The van der Waals surface area contributed by atoms with Crippen molar-refractivity contribution in [1.29, 1.82) is 0 Å². The van der Waals surface area contributed by atoms with Gasteiger partial charge in [0.2, 0.25) is 11.8 Å². The highest BCUT2D eigenvalue weighted by Gasteiger charge is 2.32. The van der Waals surface area contributed by atoms with E-state index in [1.165, 1.54) is 26.0 Å². The van der Waals surface area contributed by atoms with Gasteiger partial charge in [0.05, 0.1) is 0 Å². The summed E-state index contributed by atoms with van der Waals surface area (Å²) >= 11 is 0. The number of aliphatic carboxylic acids is 1. The van der Waals surface area contributed by atoms with Crippen molar-refractivity contribution in [2.45, 2.75) is 45.7 Å². The van der Waals surface area contributed by atoms with E-state index in [4.69, 9.17) is 0 Å². The smallest absolute Gasteiger partial charge is 0.326 e. The molecule has 1 unspecified atom stereocenters. The van der Waals surface area contributed by atoms with Crippen LogP contribution in [-0.4, -0.2) is 39.6 Å². The van der Waals surface area contributed by atoms with Gasteiger partial charge < -0.3 is 20.8 Å². The van der Waals surface area contributed by atoms with Crippen LogP contribution in [0.15, 0.2) is 36.9 Å². The molecule has 0 heterocycles. The second kappa shape index (κ2) is 10.1. The van der Waals surface area contributed by atoms with E-state index in [0.717, 1.165) is 6.08 Å². The number of phenols is 1. The molecule has 1 atom stereocenters. The maximum Gasteiger partial charge on any atom is 0.326 e. The third-order valence-corrected chi connectivity index (χ3v) is 3.17. The summed E-state index contributed by atoms with van der Waals surface area (Å²) in [5.74, 6) is -2.29. The molecule has 0 radical (unpaired) electrons. The van der Waals surface area contributed by atoms with Gasteiger partial charge in [0.25, 0.3) is 0 Å². The monoisotopic (exact) mass is 350 g/mol. The molecule has 2 amide bonds. The molecular formula is C18H26N2O5. The molecule has 0 spiro atoms. The molecule has 4 N–H and O–H groups in total. The zero-order valence-electron chi connectivity index (χ0n) is 15.0. The van der Waals surface area contributed by atoms with Crippen molar-refractivity contribution in [3.05, 3.63) is 42.5 Å². The Bertz CT molecular complexity index is 608. The van der Waals surface area contributed by atoms with Gasteiger partial charge in [-0.1, -0.05) is 32.6 Å². The quantitative estimate of drug-likeness (QED) is 0.558. The normalized spacial score (nSPS) is 11.4. The number of carbonyl (C=O) groups is 3. The van der Waals surface area contributed by atoms with Crippen LogP contribution in [0, 0.1) is 0 Å². The molecule has 0 fully saturated rings. The number of carboxylic acid groups (broad SMARTS) is 1. The summed E-state index contributed by atoms with van der Waals surface area (Å²) in [6.07, 6.45) is 1.08. The number of benzene rings is 1. The van der Waals surface area contributed by atoms with Crippen LogP contribution in [0.1, 0.15) is 33.3 Å². The molecule has 7 nitrogen and oxygen atoms in total. The van der Waals surface area contributed by atoms with Crippen LogP contribution >= 0.6 is 0 Å². The van der Waals surface area contributed by atoms with Gasteiger partial charge in [-0.25, -0.2) is 4.79 Å². The molecule has 0 aliphatic heterocycles. The van der Waals surface area contributed by atoms with Crippen molar-refractivity contribution in [2.75, 3.05) is 0 Å². The van der Waals surface area contributed by atoms with E-state index >= 15 is 0 Å². The maximum atomic E-state index is 12.2. The number of rotatable bonds is 7. The third-order valence-electron chi connectivity index (χ3n) is 3.17. The first-order valence-corrected chi connectivity index (χ1v) is 7.92. The predicted octanol–water partition coefficient (Wildman–Crippen LogP) is 1.61. The van der Waals surface area contributed by atoms with Crippen LogP contribution in [0.2, 0.25) is 0 Å². The minimum Gasteiger partial charge on any atom is -0.508 e. The number of aromatic hydroxyl groups is 1. The SMILES string of the molecule is C=CC(=O)NC(C)(C)C(=O)NC(Cc1ccc(O)cc1)C(=O)O.CC. The molecular weight excluding hydrogens is 324 g/mol. The number of amides is 2. The Labute approximate surface area is 147 Å². The number of phenolic OH excluding ortho intramolecular Hbond substituents is 1. The highest BCUT2D eigenvalue weighted by molar-refractivity contribution is 5.96. The summed E-state index contributed by atoms with van der Waals surface area (Å²) in [6, 6.07) is 4.85. The zero-order valence-corrected chi connectivity index (χ0v) is 15.0. The van der Waals surface area contributed by atoms with Crippen molar-refractivity contribution in [3.8, 4) is 5.75 Å². The Morgan fingerprint density at radius 3 is 2.16 bits per heavy atom. The molecule has 1 aromatic rings. The van der Waals surface area contributed by atoms with Gasteiger partial charge in [0.1, 0.15) is 17.3 Å². The summed E-state index contributed by atoms with van der Waals surface area (Å²) in [6.45, 7) is 10.2. The van der Waals surface area contributed by atoms with E-state index in [1.807, 2.05) is 13.8 Å². The molecule has 25 heavy (non-hydrogen) atoms. The number of nitrogens with one attached hydrogen (secondary N) is 2. The Hall–Kier alpha value is -2.83. The van der Waals surface area contributed by atoms with E-state index in [9.17, 15) is 24.6 Å². The second-order valence-electron chi connectivity index (χ2n) is 5.55. The lowest BCUT2D eigenvalue weighted by Crippen LogP contribution is -2.57. The molecule has 0 aliphatic rings. The number of hydrogen-bond donors (Lipinski definition) is 4. The summed E-state index contributed by atoms with van der Waals surface area (Å²) in [4.78, 5) is 34.9. The molecule has 0 saturated carbocycles. The van der Waals surface area contributed by atoms with Crippen LogP contribution in [0.5, 0.6) is 5.75 Å². The Morgan fingerprint density at radius 1 is 1.20 bits per heavy atom. The van der Waals surface area contributed by atoms with Crippen LogP contribution in [0.3, 0.4) is 0 Å². The van der Waals surface area contributed by atoms with Crippen molar-refractivity contribution in [2.24, 2.45) is 0 Å². The average molecular weight is 350 g/mol. The van der Waals surface area contributed by atoms with E-state index in [2.05, 4.69) is 17.2 Å². The first-order valence-electron chi connectivity index (χ1n) is 7.92. The van der Waals surface area contributed by atoms with Gasteiger partial charge in [-0.15, -0.1) is 0 Å². The standard InChI is InChI=1S/C16H20N2O5.C2H6/c1-4-13(20)18-16(2,3)15(23)17-12(14(21)22)9-10-5-7-11(19)8-6-10;1-2/h4-8,12,19H,1,9H2,2-3H3,(H,17,23)(H,18,20)(H,21,22);1-2H3. The molecule has 0 saturated heterocycles. The van der Waals surface area contributed by atoms with Crippen LogP contribution in [-0.2, 0) is 20.8 Å². The highest BCUT2D eigenvalue weighted by atomic mass is 16.4. The summed E-state index contributed by atoms with van der Waals surface area (Å²) in [5, 5.41) is 23.3. The fourth-order valence-corrected chi connectivity index (χ4v) is 1.82. The average Bonchev–Trinajstić information content (AvgIpc) is 2.57. The fourth-order valence-electron chi connectivity index (χ4n) is 1.82. The fraction of sp³-hybridized carbons (Fsp3) is 0.389.